The van der Waals surface area contributed by atoms with Gasteiger partial charge in [-0.05, 0) is 37.6 Å². The largest absolute Gasteiger partial charge is 0.423 e. The van der Waals surface area contributed by atoms with Crippen molar-refractivity contribution in [2.75, 3.05) is 19.7 Å². The molecule has 0 aliphatic rings. The maximum Gasteiger partial charge on any atom is 0.253 e. The van der Waals surface area contributed by atoms with Gasteiger partial charge in [0.1, 0.15) is 0 Å². The summed E-state index contributed by atoms with van der Waals surface area (Å²) in [6, 6.07) is 7.04. The van der Waals surface area contributed by atoms with E-state index >= 15 is 0 Å². The number of benzene rings is 1. The summed E-state index contributed by atoms with van der Waals surface area (Å²) in [5, 5.41) is 16.3. The van der Waals surface area contributed by atoms with Gasteiger partial charge in [-0.2, -0.15) is 0 Å². The lowest BCUT2D eigenvalue weighted by Crippen LogP contribution is -2.32. The van der Waals surface area contributed by atoms with E-state index in [4.69, 9.17) is 9.52 Å². The van der Waals surface area contributed by atoms with Crippen molar-refractivity contribution >= 4 is 5.91 Å². The number of amides is 1. The molecule has 6 heteroatoms. The van der Waals surface area contributed by atoms with Crippen LogP contribution in [0.3, 0.4) is 0 Å². The first-order chi connectivity index (χ1) is 9.76. The summed E-state index contributed by atoms with van der Waals surface area (Å²) in [5.74, 6) is 0.384. The SMILES string of the molecule is CCN(CCCO)C(=O)c1ccc(-c2nnco2)cc1. The lowest BCUT2D eigenvalue weighted by atomic mass is 10.1. The fourth-order valence-corrected chi connectivity index (χ4v) is 1.90. The highest BCUT2D eigenvalue weighted by Crippen LogP contribution is 2.17. The first-order valence-corrected chi connectivity index (χ1v) is 6.53. The molecule has 0 unspecified atom stereocenters. The van der Waals surface area contributed by atoms with Crippen LogP contribution in [-0.4, -0.2) is 45.8 Å². The number of carbonyl (C=O) groups excluding carboxylic acids is 1. The van der Waals surface area contributed by atoms with Crippen LogP contribution in [0.4, 0.5) is 0 Å². The van der Waals surface area contributed by atoms with Crippen molar-refractivity contribution in [1.82, 2.24) is 15.1 Å². The maximum absolute atomic E-state index is 12.3. The van der Waals surface area contributed by atoms with Crippen LogP contribution in [-0.2, 0) is 0 Å². The molecule has 106 valence electrons. The summed E-state index contributed by atoms with van der Waals surface area (Å²) in [7, 11) is 0. The van der Waals surface area contributed by atoms with E-state index in [1.807, 2.05) is 6.92 Å². The van der Waals surface area contributed by atoms with Crippen LogP contribution in [0.5, 0.6) is 0 Å². The molecule has 0 fully saturated rings. The third-order valence-corrected chi connectivity index (χ3v) is 2.99. The summed E-state index contributed by atoms with van der Waals surface area (Å²) in [6.07, 6.45) is 1.85. The molecule has 1 heterocycles. The summed E-state index contributed by atoms with van der Waals surface area (Å²) >= 11 is 0. The van der Waals surface area contributed by atoms with E-state index in [0.717, 1.165) is 5.56 Å². The van der Waals surface area contributed by atoms with Crippen LogP contribution in [0.1, 0.15) is 23.7 Å². The maximum atomic E-state index is 12.3. The molecule has 6 nitrogen and oxygen atoms in total. The van der Waals surface area contributed by atoms with Crippen molar-refractivity contribution in [3.05, 3.63) is 36.2 Å². The number of hydrogen-bond donors (Lipinski definition) is 1. The van der Waals surface area contributed by atoms with Gasteiger partial charge >= 0.3 is 0 Å². The zero-order valence-electron chi connectivity index (χ0n) is 11.3. The van der Waals surface area contributed by atoms with Crippen LogP contribution in [0.15, 0.2) is 35.1 Å². The van der Waals surface area contributed by atoms with E-state index in [1.54, 1.807) is 29.2 Å². The minimum Gasteiger partial charge on any atom is -0.423 e. The molecule has 2 rings (SSSR count). The number of aromatic nitrogens is 2. The Morgan fingerprint density at radius 2 is 2.10 bits per heavy atom. The smallest absolute Gasteiger partial charge is 0.253 e. The minimum atomic E-state index is -0.0435. The predicted molar refractivity (Wildman–Crippen MR) is 73.0 cm³/mol. The molecular weight excluding hydrogens is 258 g/mol. The number of hydrogen-bond acceptors (Lipinski definition) is 5. The average molecular weight is 275 g/mol. The van der Waals surface area contributed by atoms with E-state index in [1.165, 1.54) is 6.39 Å². The Bertz CT molecular complexity index is 537. The van der Waals surface area contributed by atoms with Gasteiger partial charge in [-0.3, -0.25) is 4.79 Å². The van der Waals surface area contributed by atoms with E-state index in [0.29, 0.717) is 31.0 Å². The second-order valence-corrected chi connectivity index (χ2v) is 4.28. The number of carbonyl (C=O) groups is 1. The Morgan fingerprint density at radius 1 is 1.35 bits per heavy atom. The van der Waals surface area contributed by atoms with Gasteiger partial charge in [0.25, 0.3) is 5.91 Å². The standard InChI is InChI=1S/C14H17N3O3/c1-2-17(8-3-9-18)14(19)12-6-4-11(5-7-12)13-16-15-10-20-13/h4-7,10,18H,2-3,8-9H2,1H3. The molecule has 0 spiro atoms. The quantitative estimate of drug-likeness (QED) is 0.865. The van der Waals surface area contributed by atoms with Crippen molar-refractivity contribution in [2.24, 2.45) is 0 Å². The van der Waals surface area contributed by atoms with Crippen LogP contribution in [0.2, 0.25) is 0 Å². The van der Waals surface area contributed by atoms with E-state index in [-0.39, 0.29) is 12.5 Å². The topological polar surface area (TPSA) is 79.5 Å². The molecule has 0 saturated heterocycles. The highest BCUT2D eigenvalue weighted by Gasteiger charge is 2.14. The van der Waals surface area contributed by atoms with E-state index in [9.17, 15) is 4.79 Å². The normalized spacial score (nSPS) is 10.5. The van der Waals surface area contributed by atoms with Crippen LogP contribution < -0.4 is 0 Å². The van der Waals surface area contributed by atoms with Crippen LogP contribution in [0, 0.1) is 0 Å². The molecule has 0 aliphatic carbocycles. The number of nitrogens with zero attached hydrogens (tertiary/aromatic N) is 3. The number of aliphatic hydroxyl groups excluding tert-OH is 1. The Labute approximate surface area is 117 Å². The molecule has 1 amide bonds. The lowest BCUT2D eigenvalue weighted by molar-refractivity contribution is 0.0754. The average Bonchev–Trinajstić information content (AvgIpc) is 3.02. The monoisotopic (exact) mass is 275 g/mol. The first kappa shape index (κ1) is 14.2. The molecule has 1 aromatic carbocycles. The molecule has 1 N–H and O–H groups in total. The lowest BCUT2D eigenvalue weighted by Gasteiger charge is -2.20. The zero-order valence-corrected chi connectivity index (χ0v) is 11.3. The Balaban J connectivity index is 2.10. The Hall–Kier alpha value is -2.21. The van der Waals surface area contributed by atoms with Crippen LogP contribution in [0.25, 0.3) is 11.5 Å². The Morgan fingerprint density at radius 3 is 2.65 bits per heavy atom. The van der Waals surface area contributed by atoms with Crippen molar-refractivity contribution < 1.29 is 14.3 Å². The van der Waals surface area contributed by atoms with Gasteiger partial charge in [0, 0.05) is 30.8 Å². The van der Waals surface area contributed by atoms with Crippen molar-refractivity contribution in [3.8, 4) is 11.5 Å². The van der Waals surface area contributed by atoms with Gasteiger partial charge < -0.3 is 14.4 Å². The summed E-state index contributed by atoms with van der Waals surface area (Å²) in [5.41, 5.74) is 1.38. The first-order valence-electron chi connectivity index (χ1n) is 6.53. The highest BCUT2D eigenvalue weighted by molar-refractivity contribution is 5.94. The number of aliphatic hydroxyl groups is 1. The molecule has 2 aromatic rings. The third-order valence-electron chi connectivity index (χ3n) is 2.99. The molecule has 0 radical (unpaired) electrons. The third kappa shape index (κ3) is 3.21. The van der Waals surface area contributed by atoms with Crippen molar-refractivity contribution in [3.63, 3.8) is 0 Å². The van der Waals surface area contributed by atoms with Crippen molar-refractivity contribution in [2.45, 2.75) is 13.3 Å². The summed E-state index contributed by atoms with van der Waals surface area (Å²) in [6.45, 7) is 3.17. The molecule has 0 saturated carbocycles. The van der Waals surface area contributed by atoms with Crippen LogP contribution >= 0.6 is 0 Å². The molecule has 1 aromatic heterocycles. The van der Waals surface area contributed by atoms with E-state index in [2.05, 4.69) is 10.2 Å². The minimum absolute atomic E-state index is 0.0435. The Kier molecular flexibility index (Phi) is 4.84. The van der Waals surface area contributed by atoms with Gasteiger partial charge in [0.05, 0.1) is 0 Å². The van der Waals surface area contributed by atoms with Gasteiger partial charge in [-0.1, -0.05) is 0 Å². The van der Waals surface area contributed by atoms with Gasteiger partial charge in [0.15, 0.2) is 0 Å². The van der Waals surface area contributed by atoms with E-state index < -0.39 is 0 Å². The second-order valence-electron chi connectivity index (χ2n) is 4.28. The fraction of sp³-hybridized carbons (Fsp3) is 0.357. The molecule has 0 atom stereocenters. The fourth-order valence-electron chi connectivity index (χ4n) is 1.90. The second kappa shape index (κ2) is 6.81. The van der Waals surface area contributed by atoms with Gasteiger partial charge in [0.2, 0.25) is 12.3 Å². The number of rotatable bonds is 6. The zero-order chi connectivity index (χ0) is 14.4. The summed E-state index contributed by atoms with van der Waals surface area (Å²) < 4.78 is 5.10. The molecular formula is C14H17N3O3. The van der Waals surface area contributed by atoms with Gasteiger partial charge in [-0.25, -0.2) is 0 Å². The molecule has 0 aliphatic heterocycles. The predicted octanol–water partition coefficient (Wildman–Crippen LogP) is 1.58. The summed E-state index contributed by atoms with van der Waals surface area (Å²) in [4.78, 5) is 14.0. The highest BCUT2D eigenvalue weighted by atomic mass is 16.4. The van der Waals surface area contributed by atoms with Crippen molar-refractivity contribution in [1.29, 1.82) is 0 Å². The molecule has 20 heavy (non-hydrogen) atoms. The molecule has 0 bridgehead atoms. The van der Waals surface area contributed by atoms with Gasteiger partial charge in [-0.15, -0.1) is 10.2 Å².